The Morgan fingerprint density at radius 1 is 1.48 bits per heavy atom. The van der Waals surface area contributed by atoms with Gasteiger partial charge >= 0.3 is 6.61 Å². The number of carbonyl (C=O) groups excluding carboxylic acids is 1. The van der Waals surface area contributed by atoms with E-state index in [1.54, 1.807) is 0 Å². The maximum atomic E-state index is 12.4. The van der Waals surface area contributed by atoms with Gasteiger partial charge in [-0.2, -0.15) is 8.78 Å². The third-order valence-corrected chi connectivity index (χ3v) is 3.48. The molecule has 1 aromatic carbocycles. The van der Waals surface area contributed by atoms with Gasteiger partial charge in [0.05, 0.1) is 18.2 Å². The van der Waals surface area contributed by atoms with E-state index in [9.17, 15) is 13.6 Å². The van der Waals surface area contributed by atoms with Gasteiger partial charge in [-0.1, -0.05) is 23.2 Å². The minimum Gasteiger partial charge on any atom is -0.433 e. The summed E-state index contributed by atoms with van der Waals surface area (Å²) < 4.78 is 34.5. The van der Waals surface area contributed by atoms with E-state index in [2.05, 4.69) is 15.4 Å². The molecule has 0 saturated carbocycles. The molecule has 0 bridgehead atoms. The number of hydrogen-bond acceptors (Lipinski definition) is 4. The van der Waals surface area contributed by atoms with Crippen molar-refractivity contribution in [2.24, 2.45) is 0 Å². The Bertz CT molecular complexity index is 543. The first-order chi connectivity index (χ1) is 10.5. The van der Waals surface area contributed by atoms with Gasteiger partial charge in [-0.25, -0.2) is 0 Å². The Morgan fingerprint density at radius 3 is 2.83 bits per heavy atom. The van der Waals surface area contributed by atoms with Crippen LogP contribution in [0.15, 0.2) is 12.1 Å². The molecule has 0 radical (unpaired) electrons. The highest BCUT2D eigenvalue weighted by Crippen LogP contribution is 2.33. The number of nitrogens with one attached hydrogen (secondary N) is 2. The number of morpholine rings is 1. The van der Waals surface area contributed by atoms with Crippen molar-refractivity contribution in [1.82, 2.24) is 10.6 Å². The van der Waals surface area contributed by atoms with Crippen LogP contribution in [0, 0.1) is 0 Å². The van der Waals surface area contributed by atoms with Crippen LogP contribution in [0.2, 0.25) is 10.0 Å². The zero-order chi connectivity index (χ0) is 16.1. The number of hydrogen-bond donors (Lipinski definition) is 2. The molecule has 1 amide bonds. The van der Waals surface area contributed by atoms with Crippen LogP contribution in [0.3, 0.4) is 0 Å². The molecule has 1 aliphatic rings. The third-order valence-electron chi connectivity index (χ3n) is 2.98. The molecule has 5 nitrogen and oxygen atoms in total. The first-order valence-corrected chi connectivity index (χ1v) is 7.24. The standard InChI is InChI=1S/C13H14Cl2F2N2O3.ClH/c14-8-3-7(11(9(15)4-8)22-13(16)17)5-19-12(20)10-6-21-2-1-18-10;/h3-4,10,13,18H,1-2,5-6H2,(H,19,20);1H. The maximum Gasteiger partial charge on any atom is 0.387 e. The van der Waals surface area contributed by atoms with Crippen LogP contribution >= 0.6 is 35.6 Å². The molecule has 0 aromatic heterocycles. The Balaban J connectivity index is 0.00000264. The molecule has 0 spiro atoms. The van der Waals surface area contributed by atoms with Gasteiger partial charge in [0, 0.05) is 23.7 Å². The number of carbonyl (C=O) groups is 1. The second-order valence-corrected chi connectivity index (χ2v) is 5.40. The minimum atomic E-state index is -3.03. The number of ether oxygens (including phenoxy) is 2. The van der Waals surface area contributed by atoms with E-state index >= 15 is 0 Å². The van der Waals surface area contributed by atoms with Crippen LogP contribution in [0.1, 0.15) is 5.56 Å². The zero-order valence-electron chi connectivity index (χ0n) is 11.8. The molecule has 1 aliphatic heterocycles. The van der Waals surface area contributed by atoms with Crippen molar-refractivity contribution in [2.45, 2.75) is 19.2 Å². The molecule has 0 aliphatic carbocycles. The van der Waals surface area contributed by atoms with Crippen molar-refractivity contribution < 1.29 is 23.0 Å². The fourth-order valence-electron chi connectivity index (χ4n) is 2.01. The lowest BCUT2D eigenvalue weighted by atomic mass is 10.2. The number of halogens is 5. The third kappa shape index (κ3) is 5.93. The highest BCUT2D eigenvalue weighted by molar-refractivity contribution is 6.35. The highest BCUT2D eigenvalue weighted by atomic mass is 35.5. The van der Waals surface area contributed by atoms with Crippen LogP contribution in [0.5, 0.6) is 5.75 Å². The molecule has 2 N–H and O–H groups in total. The van der Waals surface area contributed by atoms with E-state index < -0.39 is 12.7 Å². The van der Waals surface area contributed by atoms with Crippen molar-refractivity contribution in [1.29, 1.82) is 0 Å². The van der Waals surface area contributed by atoms with E-state index in [-0.39, 0.29) is 52.8 Å². The van der Waals surface area contributed by atoms with E-state index in [1.165, 1.54) is 12.1 Å². The fraction of sp³-hybridized carbons (Fsp3) is 0.462. The smallest absolute Gasteiger partial charge is 0.387 e. The number of benzene rings is 1. The van der Waals surface area contributed by atoms with Crippen molar-refractivity contribution in [2.75, 3.05) is 19.8 Å². The van der Waals surface area contributed by atoms with Crippen LogP contribution in [-0.4, -0.2) is 38.3 Å². The van der Waals surface area contributed by atoms with Crippen LogP contribution in [0.25, 0.3) is 0 Å². The molecule has 1 saturated heterocycles. The van der Waals surface area contributed by atoms with Gasteiger partial charge in [-0.3, -0.25) is 4.79 Å². The Kier molecular flexibility index (Phi) is 8.28. The number of rotatable bonds is 5. The van der Waals surface area contributed by atoms with Crippen molar-refractivity contribution in [3.63, 3.8) is 0 Å². The molecule has 1 aromatic rings. The summed E-state index contributed by atoms with van der Waals surface area (Å²) in [5.74, 6) is -0.506. The van der Waals surface area contributed by atoms with Gasteiger partial charge in [0.1, 0.15) is 11.8 Å². The normalized spacial score (nSPS) is 17.5. The monoisotopic (exact) mass is 390 g/mol. The largest absolute Gasteiger partial charge is 0.433 e. The van der Waals surface area contributed by atoms with Crippen molar-refractivity contribution in [3.05, 3.63) is 27.7 Å². The predicted octanol–water partition coefficient (Wildman–Crippen LogP) is 2.62. The molecule has 2 rings (SSSR count). The van der Waals surface area contributed by atoms with E-state index in [1.807, 2.05) is 0 Å². The summed E-state index contributed by atoms with van der Waals surface area (Å²) >= 11 is 11.7. The fourth-order valence-corrected chi connectivity index (χ4v) is 2.59. The van der Waals surface area contributed by atoms with Gasteiger partial charge in [-0.05, 0) is 12.1 Å². The molecule has 1 heterocycles. The van der Waals surface area contributed by atoms with E-state index in [0.717, 1.165) is 0 Å². The topological polar surface area (TPSA) is 59.6 Å². The molecule has 130 valence electrons. The first-order valence-electron chi connectivity index (χ1n) is 6.49. The summed E-state index contributed by atoms with van der Waals surface area (Å²) in [4.78, 5) is 12.0. The molecule has 1 atom stereocenters. The summed E-state index contributed by atoms with van der Waals surface area (Å²) in [7, 11) is 0. The van der Waals surface area contributed by atoms with Crippen LogP contribution < -0.4 is 15.4 Å². The Morgan fingerprint density at radius 2 is 2.22 bits per heavy atom. The molecule has 1 unspecified atom stereocenters. The van der Waals surface area contributed by atoms with Crippen molar-refractivity contribution in [3.8, 4) is 5.75 Å². The average molecular weight is 392 g/mol. The zero-order valence-corrected chi connectivity index (χ0v) is 14.1. The quantitative estimate of drug-likeness (QED) is 0.810. The molecular formula is C13H15Cl3F2N2O3. The predicted molar refractivity (Wildman–Crippen MR) is 84.8 cm³/mol. The van der Waals surface area contributed by atoms with Gasteiger partial charge in [-0.15, -0.1) is 12.4 Å². The van der Waals surface area contributed by atoms with Crippen LogP contribution in [0.4, 0.5) is 8.78 Å². The minimum absolute atomic E-state index is 0. The SMILES string of the molecule is Cl.O=C(NCc1cc(Cl)cc(Cl)c1OC(F)F)C1COCCN1. The van der Waals surface area contributed by atoms with Gasteiger partial charge in [0.15, 0.2) is 0 Å². The molecule has 10 heteroatoms. The number of amides is 1. The van der Waals surface area contributed by atoms with Crippen molar-refractivity contribution >= 4 is 41.5 Å². The second kappa shape index (κ2) is 9.44. The summed E-state index contributed by atoms with van der Waals surface area (Å²) in [6, 6.07) is 2.22. The van der Waals surface area contributed by atoms with Gasteiger partial charge in [0.25, 0.3) is 0 Å². The average Bonchev–Trinajstić information content (AvgIpc) is 2.48. The summed E-state index contributed by atoms with van der Waals surface area (Å²) in [5.41, 5.74) is 0.267. The van der Waals surface area contributed by atoms with Crippen LogP contribution in [-0.2, 0) is 16.1 Å². The number of alkyl halides is 2. The van der Waals surface area contributed by atoms with Gasteiger partial charge in [0.2, 0.25) is 5.91 Å². The lowest BCUT2D eigenvalue weighted by molar-refractivity contribution is -0.126. The van der Waals surface area contributed by atoms with E-state index in [0.29, 0.717) is 13.2 Å². The molecule has 23 heavy (non-hydrogen) atoms. The lowest BCUT2D eigenvalue weighted by Crippen LogP contribution is -2.51. The summed E-state index contributed by atoms with van der Waals surface area (Å²) in [5, 5.41) is 5.81. The summed E-state index contributed by atoms with van der Waals surface area (Å²) in [6.07, 6.45) is 0. The second-order valence-electron chi connectivity index (χ2n) is 4.55. The Labute approximate surface area is 148 Å². The Hall–Kier alpha value is -0.860. The molecular weight excluding hydrogens is 377 g/mol. The van der Waals surface area contributed by atoms with Gasteiger partial charge < -0.3 is 20.1 Å². The van der Waals surface area contributed by atoms with E-state index in [4.69, 9.17) is 27.9 Å². The summed E-state index contributed by atoms with van der Waals surface area (Å²) in [6.45, 7) is -1.70. The highest BCUT2D eigenvalue weighted by Gasteiger charge is 2.22. The maximum absolute atomic E-state index is 12.4. The lowest BCUT2D eigenvalue weighted by Gasteiger charge is -2.23. The molecule has 1 fully saturated rings. The first kappa shape index (κ1) is 20.2.